The second kappa shape index (κ2) is 6.14. The molecule has 16 heavy (non-hydrogen) atoms. The topological polar surface area (TPSA) is 59.0 Å². The molecule has 0 saturated carbocycles. The molecule has 0 aliphatic heterocycles. The molecule has 3 nitrogen and oxygen atoms in total. The van der Waals surface area contributed by atoms with Crippen molar-refractivity contribution in [1.29, 1.82) is 5.26 Å². The number of benzene rings is 1. The maximum absolute atomic E-state index is 9.02. The lowest BCUT2D eigenvalue weighted by Gasteiger charge is -2.09. The van der Waals surface area contributed by atoms with E-state index in [0.29, 0.717) is 11.3 Å². The Morgan fingerprint density at radius 3 is 2.69 bits per heavy atom. The number of rotatable bonds is 5. The second-order valence-electron chi connectivity index (χ2n) is 3.85. The van der Waals surface area contributed by atoms with E-state index in [-0.39, 0.29) is 0 Å². The molecule has 2 N–H and O–H groups in total. The van der Waals surface area contributed by atoms with Crippen LogP contribution in [0.25, 0.3) is 0 Å². The van der Waals surface area contributed by atoms with Crippen molar-refractivity contribution in [1.82, 2.24) is 0 Å². The van der Waals surface area contributed by atoms with Crippen molar-refractivity contribution in [3.8, 4) is 11.8 Å². The summed E-state index contributed by atoms with van der Waals surface area (Å²) in [6.45, 7) is 2.69. The van der Waals surface area contributed by atoms with Crippen LogP contribution in [-0.2, 0) is 6.42 Å². The quantitative estimate of drug-likeness (QED) is 0.770. The van der Waals surface area contributed by atoms with E-state index in [1.165, 1.54) is 5.56 Å². The summed E-state index contributed by atoms with van der Waals surface area (Å²) in [7, 11) is 1.59. The van der Waals surface area contributed by atoms with E-state index >= 15 is 0 Å². The summed E-state index contributed by atoms with van der Waals surface area (Å²) in [5.74, 6) is 0.685. The maximum Gasteiger partial charge on any atom is 0.139 e. The standard InChI is InChI=1S/C13H18N2O/c1-10-7-11(5-3-4-6-14)8-12(9-15)13(10)16-2/h7-8H,3-6,14H2,1-2H3. The third-order valence-corrected chi connectivity index (χ3v) is 2.58. The Morgan fingerprint density at radius 1 is 1.38 bits per heavy atom. The number of methoxy groups -OCH3 is 1. The van der Waals surface area contributed by atoms with Crippen molar-refractivity contribution in [3.05, 3.63) is 28.8 Å². The average molecular weight is 218 g/mol. The van der Waals surface area contributed by atoms with Crippen molar-refractivity contribution in [2.45, 2.75) is 26.2 Å². The number of nitrogens with zero attached hydrogens (tertiary/aromatic N) is 1. The van der Waals surface area contributed by atoms with Crippen LogP contribution in [0.15, 0.2) is 12.1 Å². The molecule has 0 saturated heterocycles. The molecule has 0 fully saturated rings. The minimum absolute atomic E-state index is 0.616. The molecule has 0 atom stereocenters. The van der Waals surface area contributed by atoms with Crippen LogP contribution in [0.2, 0.25) is 0 Å². The first-order valence-corrected chi connectivity index (χ1v) is 5.50. The lowest BCUT2D eigenvalue weighted by Crippen LogP contribution is -2.00. The molecule has 0 unspecified atom stereocenters. The number of hydrogen-bond donors (Lipinski definition) is 1. The van der Waals surface area contributed by atoms with E-state index in [2.05, 4.69) is 12.1 Å². The highest BCUT2D eigenvalue weighted by molar-refractivity contribution is 5.50. The van der Waals surface area contributed by atoms with Crippen molar-refractivity contribution >= 4 is 0 Å². The number of nitriles is 1. The molecular weight excluding hydrogens is 200 g/mol. The summed E-state index contributed by atoms with van der Waals surface area (Å²) >= 11 is 0. The Bertz CT molecular complexity index is 394. The van der Waals surface area contributed by atoms with E-state index in [1.54, 1.807) is 7.11 Å². The van der Waals surface area contributed by atoms with Crippen LogP contribution in [0.5, 0.6) is 5.75 Å². The summed E-state index contributed by atoms with van der Waals surface area (Å²) in [5, 5.41) is 9.02. The minimum atomic E-state index is 0.616. The van der Waals surface area contributed by atoms with Gasteiger partial charge in [-0.05, 0) is 49.9 Å². The van der Waals surface area contributed by atoms with Gasteiger partial charge in [-0.3, -0.25) is 0 Å². The molecule has 0 amide bonds. The van der Waals surface area contributed by atoms with Crippen LogP contribution in [0.3, 0.4) is 0 Å². The van der Waals surface area contributed by atoms with E-state index in [9.17, 15) is 0 Å². The normalized spacial score (nSPS) is 9.88. The molecule has 0 spiro atoms. The largest absolute Gasteiger partial charge is 0.495 e. The van der Waals surface area contributed by atoms with Crippen LogP contribution < -0.4 is 10.5 Å². The zero-order chi connectivity index (χ0) is 12.0. The van der Waals surface area contributed by atoms with Gasteiger partial charge in [0.2, 0.25) is 0 Å². The first kappa shape index (κ1) is 12.5. The average Bonchev–Trinajstić information content (AvgIpc) is 2.28. The first-order chi connectivity index (χ1) is 7.72. The first-order valence-electron chi connectivity index (χ1n) is 5.50. The van der Waals surface area contributed by atoms with Gasteiger partial charge >= 0.3 is 0 Å². The zero-order valence-corrected chi connectivity index (χ0v) is 9.92. The Morgan fingerprint density at radius 2 is 2.12 bits per heavy atom. The third kappa shape index (κ3) is 2.98. The van der Waals surface area contributed by atoms with Gasteiger partial charge in [0.1, 0.15) is 11.8 Å². The highest BCUT2D eigenvalue weighted by atomic mass is 16.5. The predicted molar refractivity (Wildman–Crippen MR) is 64.4 cm³/mol. The fourth-order valence-electron chi connectivity index (χ4n) is 1.82. The van der Waals surface area contributed by atoms with Crippen LogP contribution >= 0.6 is 0 Å². The monoisotopic (exact) mass is 218 g/mol. The predicted octanol–water partition coefficient (Wildman–Crippen LogP) is 2.16. The zero-order valence-electron chi connectivity index (χ0n) is 9.92. The summed E-state index contributed by atoms with van der Waals surface area (Å²) in [4.78, 5) is 0. The molecular formula is C13H18N2O. The van der Waals surface area contributed by atoms with Gasteiger partial charge in [0.25, 0.3) is 0 Å². The van der Waals surface area contributed by atoms with Gasteiger partial charge in [0.05, 0.1) is 12.7 Å². The summed E-state index contributed by atoms with van der Waals surface area (Å²) in [6, 6.07) is 6.15. The van der Waals surface area contributed by atoms with Crippen molar-refractivity contribution in [3.63, 3.8) is 0 Å². The molecule has 1 rings (SSSR count). The number of ether oxygens (including phenoxy) is 1. The van der Waals surface area contributed by atoms with Gasteiger partial charge in [-0.1, -0.05) is 6.07 Å². The Balaban J connectivity index is 2.89. The highest BCUT2D eigenvalue weighted by Gasteiger charge is 2.07. The molecule has 1 aromatic rings. The minimum Gasteiger partial charge on any atom is -0.495 e. The van der Waals surface area contributed by atoms with Crippen LogP contribution in [0.1, 0.15) is 29.5 Å². The molecule has 0 radical (unpaired) electrons. The van der Waals surface area contributed by atoms with Crippen LogP contribution in [-0.4, -0.2) is 13.7 Å². The van der Waals surface area contributed by atoms with Gasteiger partial charge in [-0.2, -0.15) is 5.26 Å². The fourth-order valence-corrected chi connectivity index (χ4v) is 1.82. The van der Waals surface area contributed by atoms with Crippen LogP contribution in [0.4, 0.5) is 0 Å². The number of nitrogens with two attached hydrogens (primary N) is 1. The van der Waals surface area contributed by atoms with Gasteiger partial charge in [0.15, 0.2) is 0 Å². The molecule has 0 aliphatic rings. The fraction of sp³-hybridized carbons (Fsp3) is 0.462. The number of hydrogen-bond acceptors (Lipinski definition) is 3. The summed E-state index contributed by atoms with van der Waals surface area (Å²) in [6.07, 6.45) is 3.05. The van der Waals surface area contributed by atoms with Crippen molar-refractivity contribution in [2.75, 3.05) is 13.7 Å². The van der Waals surface area contributed by atoms with Crippen LogP contribution in [0, 0.1) is 18.3 Å². The maximum atomic E-state index is 9.02. The second-order valence-corrected chi connectivity index (χ2v) is 3.85. The van der Waals surface area contributed by atoms with E-state index in [4.69, 9.17) is 15.7 Å². The molecule has 0 aliphatic carbocycles. The lowest BCUT2D eigenvalue weighted by atomic mass is 10.0. The highest BCUT2D eigenvalue weighted by Crippen LogP contribution is 2.25. The molecule has 3 heteroatoms. The molecule has 0 heterocycles. The van der Waals surface area contributed by atoms with Gasteiger partial charge in [-0.25, -0.2) is 0 Å². The van der Waals surface area contributed by atoms with E-state index in [0.717, 1.165) is 31.4 Å². The molecule has 0 bridgehead atoms. The molecule has 1 aromatic carbocycles. The smallest absolute Gasteiger partial charge is 0.139 e. The van der Waals surface area contributed by atoms with Gasteiger partial charge in [-0.15, -0.1) is 0 Å². The van der Waals surface area contributed by atoms with E-state index < -0.39 is 0 Å². The van der Waals surface area contributed by atoms with E-state index in [1.807, 2.05) is 13.0 Å². The summed E-state index contributed by atoms with van der Waals surface area (Å²) < 4.78 is 5.21. The number of aryl methyl sites for hydroxylation is 2. The van der Waals surface area contributed by atoms with Crippen molar-refractivity contribution < 1.29 is 4.74 Å². The number of unbranched alkanes of at least 4 members (excludes halogenated alkanes) is 1. The lowest BCUT2D eigenvalue weighted by molar-refractivity contribution is 0.410. The molecule has 0 aromatic heterocycles. The molecule has 86 valence electrons. The Labute approximate surface area is 96.8 Å². The van der Waals surface area contributed by atoms with Gasteiger partial charge < -0.3 is 10.5 Å². The van der Waals surface area contributed by atoms with Gasteiger partial charge in [0, 0.05) is 0 Å². The van der Waals surface area contributed by atoms with Crippen molar-refractivity contribution in [2.24, 2.45) is 5.73 Å². The Kier molecular flexibility index (Phi) is 4.81. The SMILES string of the molecule is COc1c(C)cc(CCCCN)cc1C#N. The summed E-state index contributed by atoms with van der Waals surface area (Å²) in [5.41, 5.74) is 8.27. The third-order valence-electron chi connectivity index (χ3n) is 2.58. The Hall–Kier alpha value is -1.53.